The number of hydrogen-bond donors (Lipinski definition) is 0. The van der Waals surface area contributed by atoms with Gasteiger partial charge in [0.2, 0.25) is 0 Å². The van der Waals surface area contributed by atoms with Crippen LogP contribution in [0.2, 0.25) is 0 Å². The van der Waals surface area contributed by atoms with Crippen LogP contribution in [0.4, 0.5) is 0 Å². The van der Waals surface area contributed by atoms with E-state index in [0.717, 1.165) is 0 Å². The third-order valence-electron chi connectivity index (χ3n) is 18.5. The molecule has 0 heterocycles. The highest BCUT2D eigenvalue weighted by Gasteiger charge is 2.53. The minimum atomic E-state index is -0.406. The van der Waals surface area contributed by atoms with E-state index in [2.05, 4.69) is 267 Å². The van der Waals surface area contributed by atoms with Crippen molar-refractivity contribution < 1.29 is 0 Å². The first-order valence-electron chi connectivity index (χ1n) is 26.8. The summed E-state index contributed by atoms with van der Waals surface area (Å²) in [7, 11) is 0. The quantitative estimate of drug-likeness (QED) is 0.152. The van der Waals surface area contributed by atoms with Crippen LogP contribution in [0, 0.1) is 0 Å². The van der Waals surface area contributed by atoms with Gasteiger partial charge in [0.05, 0.1) is 10.8 Å². The van der Waals surface area contributed by atoms with E-state index in [-0.39, 0.29) is 0 Å². The molecule has 0 N–H and O–H groups in total. The first-order valence-corrected chi connectivity index (χ1v) is 26.8. The molecule has 0 nitrogen and oxygen atoms in total. The fourth-order valence-corrected chi connectivity index (χ4v) is 15.6. The topological polar surface area (TPSA) is 0 Å². The summed E-state index contributed by atoms with van der Waals surface area (Å²) in [5, 5.41) is 12.8. The lowest BCUT2D eigenvalue weighted by Gasteiger charge is -2.30. The highest BCUT2D eigenvalue weighted by molar-refractivity contribution is 6.40. The van der Waals surface area contributed by atoms with E-state index in [1.165, 1.54) is 165 Å². The Morgan fingerprint density at radius 2 is 0.395 bits per heavy atom. The standard InChI is InChI=1S/C76H44/c1-3-25-61-49(17-1)50-18-2-4-26-62(50)74-64-42-46(48-36-40-60-58-24-10-16-32-70(58)76(72(60)44-48)67-29-13-7-21-55(67)56-22-8-14-30-68(56)76)34-38-52(64)51-37-33-45(41-63(51)73(61)74)47-35-39-59-57-23-9-15-31-69(57)75(71(59)43-47)65-27-11-5-19-53(65)54-20-6-12-28-66(54)75/h1-44H. The molecule has 14 aromatic rings. The van der Waals surface area contributed by atoms with Crippen LogP contribution in [0.3, 0.4) is 0 Å². The third kappa shape index (κ3) is 4.87. The first-order chi connectivity index (χ1) is 37.7. The molecule has 0 heteroatoms. The molecule has 0 saturated heterocycles. The second-order valence-electron chi connectivity index (χ2n) is 21.7. The van der Waals surface area contributed by atoms with E-state index in [0.29, 0.717) is 0 Å². The van der Waals surface area contributed by atoms with Gasteiger partial charge < -0.3 is 0 Å². The summed E-state index contributed by atoms with van der Waals surface area (Å²) in [5.74, 6) is 0. The van der Waals surface area contributed by atoms with Gasteiger partial charge in [0.1, 0.15) is 0 Å². The molecule has 2 spiro atoms. The molecule has 76 heavy (non-hydrogen) atoms. The molecule has 0 unspecified atom stereocenters. The maximum absolute atomic E-state index is 2.53. The number of rotatable bonds is 2. The molecule has 0 amide bonds. The van der Waals surface area contributed by atoms with Crippen molar-refractivity contribution in [3.8, 4) is 66.8 Å². The van der Waals surface area contributed by atoms with Gasteiger partial charge in [-0.05, 0) is 189 Å². The maximum Gasteiger partial charge on any atom is 0.0725 e. The van der Waals surface area contributed by atoms with Crippen molar-refractivity contribution in [2.75, 3.05) is 0 Å². The van der Waals surface area contributed by atoms with Crippen LogP contribution in [-0.4, -0.2) is 0 Å². The average Bonchev–Trinajstić information content (AvgIpc) is 4.38. The molecule has 0 aromatic heterocycles. The summed E-state index contributed by atoms with van der Waals surface area (Å²) in [6.07, 6.45) is 0. The number of benzene rings is 14. The molecule has 4 aliphatic carbocycles. The lowest BCUT2D eigenvalue weighted by molar-refractivity contribution is 0.794. The van der Waals surface area contributed by atoms with Gasteiger partial charge in [0.15, 0.2) is 0 Å². The van der Waals surface area contributed by atoms with Crippen LogP contribution in [-0.2, 0) is 10.8 Å². The Hall–Kier alpha value is -9.62. The van der Waals surface area contributed by atoms with Crippen molar-refractivity contribution in [2.45, 2.75) is 10.8 Å². The van der Waals surface area contributed by atoms with Crippen LogP contribution >= 0.6 is 0 Å². The summed E-state index contributed by atoms with van der Waals surface area (Å²) in [6.45, 7) is 0. The van der Waals surface area contributed by atoms with Crippen LogP contribution in [0.1, 0.15) is 44.5 Å². The normalized spacial score (nSPS) is 14.3. The molecule has 0 fully saturated rings. The number of hydrogen-bond acceptors (Lipinski definition) is 0. The Morgan fingerprint density at radius 3 is 0.724 bits per heavy atom. The molecule has 0 bridgehead atoms. The molecule has 4 aliphatic rings. The minimum Gasteiger partial charge on any atom is -0.0619 e. The SMILES string of the molecule is c1ccc2c(c1)-c1ccccc1C21c2ccccc2-c2ccc(-c3ccc4c5ccc(-c6ccc7c(c6)C6(c8ccccc8-c8ccccc86)c6ccccc6-7)cc5c5c6ccccc6c6ccccc6c5c4c3)cc21. The third-order valence-corrected chi connectivity index (χ3v) is 18.5. The van der Waals surface area contributed by atoms with Crippen molar-refractivity contribution in [1.29, 1.82) is 0 Å². The molecule has 18 rings (SSSR count). The van der Waals surface area contributed by atoms with Crippen molar-refractivity contribution >= 4 is 53.9 Å². The van der Waals surface area contributed by atoms with Gasteiger partial charge in [-0.25, -0.2) is 0 Å². The molecule has 0 aliphatic heterocycles. The van der Waals surface area contributed by atoms with Gasteiger partial charge in [-0.3, -0.25) is 0 Å². The van der Waals surface area contributed by atoms with E-state index in [1.807, 2.05) is 0 Å². The van der Waals surface area contributed by atoms with Crippen molar-refractivity contribution in [2.24, 2.45) is 0 Å². The molecule has 0 radical (unpaired) electrons. The maximum atomic E-state index is 2.53. The van der Waals surface area contributed by atoms with Crippen LogP contribution in [0.5, 0.6) is 0 Å². The van der Waals surface area contributed by atoms with Gasteiger partial charge in [-0.15, -0.1) is 0 Å². The van der Waals surface area contributed by atoms with Gasteiger partial charge in [0.25, 0.3) is 0 Å². The summed E-state index contributed by atoms with van der Waals surface area (Å²) in [4.78, 5) is 0. The zero-order chi connectivity index (χ0) is 49.4. The summed E-state index contributed by atoms with van der Waals surface area (Å²) < 4.78 is 0. The fraction of sp³-hybridized carbons (Fsp3) is 0.0263. The van der Waals surface area contributed by atoms with Crippen LogP contribution in [0.25, 0.3) is 121 Å². The van der Waals surface area contributed by atoms with Gasteiger partial charge in [0, 0.05) is 0 Å². The van der Waals surface area contributed by atoms with Crippen LogP contribution < -0.4 is 0 Å². The molecule has 0 atom stereocenters. The average molecular weight is 957 g/mol. The van der Waals surface area contributed by atoms with Crippen LogP contribution in [0.15, 0.2) is 267 Å². The minimum absolute atomic E-state index is 0.406. The Kier molecular flexibility index (Phi) is 7.82. The fourth-order valence-electron chi connectivity index (χ4n) is 15.6. The number of fused-ring (bicyclic) bond motifs is 31. The predicted molar refractivity (Wildman–Crippen MR) is 317 cm³/mol. The Bertz CT molecular complexity index is 4510. The summed E-state index contributed by atoms with van der Waals surface area (Å²) in [5.41, 5.74) is 25.6. The largest absolute Gasteiger partial charge is 0.0725 e. The predicted octanol–water partition coefficient (Wildman–Crippen LogP) is 19.5. The van der Waals surface area contributed by atoms with E-state index in [4.69, 9.17) is 0 Å². The zero-order valence-electron chi connectivity index (χ0n) is 41.4. The monoisotopic (exact) mass is 956 g/mol. The molecular weight excluding hydrogens is 913 g/mol. The van der Waals surface area contributed by atoms with E-state index < -0.39 is 10.8 Å². The molecular formula is C76H44. The smallest absolute Gasteiger partial charge is 0.0619 e. The second kappa shape index (κ2) is 14.6. The van der Waals surface area contributed by atoms with E-state index in [1.54, 1.807) is 0 Å². The summed E-state index contributed by atoms with van der Waals surface area (Å²) >= 11 is 0. The van der Waals surface area contributed by atoms with Gasteiger partial charge in [-0.2, -0.15) is 0 Å². The lowest BCUT2D eigenvalue weighted by atomic mass is 9.70. The molecule has 14 aromatic carbocycles. The van der Waals surface area contributed by atoms with Gasteiger partial charge in [-0.1, -0.05) is 243 Å². The highest BCUT2D eigenvalue weighted by Crippen LogP contribution is 2.65. The molecule has 0 saturated carbocycles. The van der Waals surface area contributed by atoms with E-state index >= 15 is 0 Å². The Morgan fingerprint density at radius 1 is 0.158 bits per heavy atom. The second-order valence-corrected chi connectivity index (χ2v) is 21.7. The van der Waals surface area contributed by atoms with Gasteiger partial charge >= 0.3 is 0 Å². The lowest BCUT2D eigenvalue weighted by Crippen LogP contribution is -2.25. The van der Waals surface area contributed by atoms with E-state index in [9.17, 15) is 0 Å². The molecule has 348 valence electrons. The summed E-state index contributed by atoms with van der Waals surface area (Å²) in [6, 6.07) is 102. The Labute approximate surface area is 440 Å². The Balaban J connectivity index is 0.880. The van der Waals surface area contributed by atoms with Crippen molar-refractivity contribution in [1.82, 2.24) is 0 Å². The van der Waals surface area contributed by atoms with Crippen molar-refractivity contribution in [3.05, 3.63) is 311 Å². The highest BCUT2D eigenvalue weighted by atomic mass is 14.5. The zero-order valence-corrected chi connectivity index (χ0v) is 41.4. The van der Waals surface area contributed by atoms with Crippen molar-refractivity contribution in [3.63, 3.8) is 0 Å². The first kappa shape index (κ1) is 40.8.